The van der Waals surface area contributed by atoms with Crippen LogP contribution in [0.15, 0.2) is 6.20 Å². The maximum absolute atomic E-state index is 9.48. The molecule has 0 atom stereocenters. The van der Waals surface area contributed by atoms with Crippen molar-refractivity contribution in [3.8, 4) is 0 Å². The molecule has 0 radical (unpaired) electrons. The van der Waals surface area contributed by atoms with Crippen LogP contribution in [0.4, 0.5) is 0 Å². The second kappa shape index (κ2) is 4.21. The van der Waals surface area contributed by atoms with E-state index < -0.39 is 0 Å². The van der Waals surface area contributed by atoms with Gasteiger partial charge in [-0.2, -0.15) is 0 Å². The summed E-state index contributed by atoms with van der Waals surface area (Å²) in [5.74, 6) is 2.46. The molecular formula is C13H20N2O. The molecule has 0 unspecified atom stereocenters. The van der Waals surface area contributed by atoms with Gasteiger partial charge in [-0.05, 0) is 38.5 Å². The van der Waals surface area contributed by atoms with Crippen molar-refractivity contribution in [1.82, 2.24) is 9.97 Å². The highest BCUT2D eigenvalue weighted by Gasteiger charge is 2.25. The van der Waals surface area contributed by atoms with Gasteiger partial charge in [0.1, 0.15) is 5.82 Å². The largest absolute Gasteiger partial charge is 0.393 e. The zero-order chi connectivity index (χ0) is 11.0. The maximum atomic E-state index is 9.48. The van der Waals surface area contributed by atoms with Gasteiger partial charge in [0, 0.05) is 23.7 Å². The normalized spacial score (nSPS) is 31.3. The number of aliphatic hydroxyl groups is 1. The molecule has 1 aromatic rings. The van der Waals surface area contributed by atoms with E-state index in [-0.39, 0.29) is 6.10 Å². The third-order valence-electron chi connectivity index (χ3n) is 4.24. The van der Waals surface area contributed by atoms with E-state index in [1.165, 1.54) is 25.0 Å². The summed E-state index contributed by atoms with van der Waals surface area (Å²) in [4.78, 5) is 8.04. The molecule has 2 saturated carbocycles. The average Bonchev–Trinajstić information content (AvgIpc) is 2.65. The molecule has 1 heterocycles. The lowest BCUT2D eigenvalue weighted by Gasteiger charge is -2.25. The van der Waals surface area contributed by atoms with Gasteiger partial charge < -0.3 is 10.1 Å². The molecule has 3 rings (SSSR count). The second-order valence-corrected chi connectivity index (χ2v) is 5.36. The van der Waals surface area contributed by atoms with Crippen molar-refractivity contribution >= 4 is 0 Å². The maximum Gasteiger partial charge on any atom is 0.109 e. The molecule has 88 valence electrons. The summed E-state index contributed by atoms with van der Waals surface area (Å²) in [5, 5.41) is 9.48. The van der Waals surface area contributed by atoms with Crippen molar-refractivity contribution < 1.29 is 5.11 Å². The number of nitrogens with one attached hydrogen (secondary N) is 1. The molecule has 2 aliphatic rings. The van der Waals surface area contributed by atoms with Crippen LogP contribution in [0.25, 0.3) is 0 Å². The Bertz CT molecular complexity index is 349. The van der Waals surface area contributed by atoms with Crippen LogP contribution >= 0.6 is 0 Å². The van der Waals surface area contributed by atoms with Gasteiger partial charge in [0.2, 0.25) is 0 Å². The molecule has 0 amide bonds. The second-order valence-electron chi connectivity index (χ2n) is 5.36. The molecule has 1 aromatic heterocycles. The summed E-state index contributed by atoms with van der Waals surface area (Å²) in [5.41, 5.74) is 1.34. The van der Waals surface area contributed by atoms with Crippen molar-refractivity contribution in [2.45, 2.75) is 62.9 Å². The Hall–Kier alpha value is -0.830. The number of aromatic amines is 1. The lowest BCUT2D eigenvalue weighted by atomic mass is 9.83. The number of aromatic nitrogens is 2. The highest BCUT2D eigenvalue weighted by Crippen LogP contribution is 2.37. The fourth-order valence-corrected chi connectivity index (χ4v) is 2.83. The van der Waals surface area contributed by atoms with Gasteiger partial charge in [0.05, 0.1) is 6.10 Å². The van der Waals surface area contributed by atoms with Crippen LogP contribution in [0.2, 0.25) is 0 Å². The third-order valence-corrected chi connectivity index (χ3v) is 4.24. The highest BCUT2D eigenvalue weighted by atomic mass is 16.3. The smallest absolute Gasteiger partial charge is 0.109 e. The Kier molecular flexibility index (Phi) is 2.72. The van der Waals surface area contributed by atoms with Crippen LogP contribution in [0.5, 0.6) is 0 Å². The fraction of sp³-hybridized carbons (Fsp3) is 0.769. The van der Waals surface area contributed by atoms with Crippen LogP contribution in [-0.4, -0.2) is 21.2 Å². The van der Waals surface area contributed by atoms with Crippen LogP contribution in [0, 0.1) is 0 Å². The van der Waals surface area contributed by atoms with Gasteiger partial charge in [-0.25, -0.2) is 4.98 Å². The minimum absolute atomic E-state index is 0.0719. The Balaban J connectivity index is 1.67. The number of H-pyrrole nitrogens is 1. The Morgan fingerprint density at radius 3 is 2.44 bits per heavy atom. The van der Waals surface area contributed by atoms with Gasteiger partial charge in [0.15, 0.2) is 0 Å². The van der Waals surface area contributed by atoms with Crippen LogP contribution in [0.1, 0.15) is 68.3 Å². The zero-order valence-corrected chi connectivity index (χ0v) is 9.65. The molecule has 2 aliphatic carbocycles. The Morgan fingerprint density at radius 1 is 1.06 bits per heavy atom. The van der Waals surface area contributed by atoms with Crippen molar-refractivity contribution in [1.29, 1.82) is 0 Å². The summed E-state index contributed by atoms with van der Waals surface area (Å²) < 4.78 is 0. The standard InChI is InChI=1S/C13H20N2O/c16-11-6-4-10(5-7-11)13-14-8-12(15-13)9-2-1-3-9/h8-11,16H,1-7H2,(H,14,15). The van der Waals surface area contributed by atoms with Crippen LogP contribution in [-0.2, 0) is 0 Å². The first kappa shape index (κ1) is 10.3. The lowest BCUT2D eigenvalue weighted by Crippen LogP contribution is -2.17. The molecule has 3 nitrogen and oxygen atoms in total. The Morgan fingerprint density at radius 2 is 1.81 bits per heavy atom. The molecular weight excluding hydrogens is 200 g/mol. The molecule has 0 spiro atoms. The van der Waals surface area contributed by atoms with Crippen molar-refractivity contribution in [2.24, 2.45) is 0 Å². The number of rotatable bonds is 2. The molecule has 0 bridgehead atoms. The van der Waals surface area contributed by atoms with Gasteiger partial charge in [-0.3, -0.25) is 0 Å². The fourth-order valence-electron chi connectivity index (χ4n) is 2.83. The first-order chi connectivity index (χ1) is 7.83. The third kappa shape index (κ3) is 1.88. The first-order valence-electron chi connectivity index (χ1n) is 6.56. The van der Waals surface area contributed by atoms with E-state index in [0.717, 1.165) is 37.4 Å². The molecule has 0 aliphatic heterocycles. The van der Waals surface area contributed by atoms with E-state index in [4.69, 9.17) is 0 Å². The van der Waals surface area contributed by atoms with Gasteiger partial charge in [0.25, 0.3) is 0 Å². The predicted octanol–water partition coefficient (Wildman–Crippen LogP) is 2.70. The van der Waals surface area contributed by atoms with Crippen molar-refractivity contribution in [2.75, 3.05) is 0 Å². The SMILES string of the molecule is OC1CCC(c2ncc(C3CCC3)[nH]2)CC1. The monoisotopic (exact) mass is 220 g/mol. The van der Waals surface area contributed by atoms with Gasteiger partial charge >= 0.3 is 0 Å². The molecule has 16 heavy (non-hydrogen) atoms. The molecule has 3 heteroatoms. The summed E-state index contributed by atoms with van der Waals surface area (Å²) in [6, 6.07) is 0. The summed E-state index contributed by atoms with van der Waals surface area (Å²) in [6.45, 7) is 0. The van der Waals surface area contributed by atoms with Crippen LogP contribution < -0.4 is 0 Å². The topological polar surface area (TPSA) is 48.9 Å². The van der Waals surface area contributed by atoms with E-state index in [1.54, 1.807) is 0 Å². The molecule has 0 aromatic carbocycles. The number of hydrogen-bond donors (Lipinski definition) is 2. The highest BCUT2D eigenvalue weighted by molar-refractivity contribution is 5.13. The minimum atomic E-state index is -0.0719. The molecule has 2 fully saturated rings. The first-order valence-corrected chi connectivity index (χ1v) is 6.56. The lowest BCUT2D eigenvalue weighted by molar-refractivity contribution is 0.121. The van der Waals surface area contributed by atoms with Gasteiger partial charge in [-0.15, -0.1) is 0 Å². The average molecular weight is 220 g/mol. The van der Waals surface area contributed by atoms with E-state index in [9.17, 15) is 5.11 Å². The van der Waals surface area contributed by atoms with E-state index in [1.807, 2.05) is 6.20 Å². The van der Waals surface area contributed by atoms with E-state index in [0.29, 0.717) is 5.92 Å². The van der Waals surface area contributed by atoms with Gasteiger partial charge in [-0.1, -0.05) is 6.42 Å². The summed E-state index contributed by atoms with van der Waals surface area (Å²) >= 11 is 0. The summed E-state index contributed by atoms with van der Waals surface area (Å²) in [6.07, 6.45) is 10.0. The number of nitrogens with zero attached hydrogens (tertiary/aromatic N) is 1. The summed E-state index contributed by atoms with van der Waals surface area (Å²) in [7, 11) is 0. The number of imidazole rings is 1. The Labute approximate surface area is 96.3 Å². The number of hydrogen-bond acceptors (Lipinski definition) is 2. The van der Waals surface area contributed by atoms with Crippen molar-refractivity contribution in [3.05, 3.63) is 17.7 Å². The quantitative estimate of drug-likeness (QED) is 0.805. The van der Waals surface area contributed by atoms with E-state index in [2.05, 4.69) is 9.97 Å². The van der Waals surface area contributed by atoms with Crippen LogP contribution in [0.3, 0.4) is 0 Å². The van der Waals surface area contributed by atoms with Crippen molar-refractivity contribution in [3.63, 3.8) is 0 Å². The number of aliphatic hydroxyl groups excluding tert-OH is 1. The van der Waals surface area contributed by atoms with E-state index >= 15 is 0 Å². The zero-order valence-electron chi connectivity index (χ0n) is 9.65. The molecule has 0 saturated heterocycles. The molecule has 2 N–H and O–H groups in total. The predicted molar refractivity (Wildman–Crippen MR) is 62.4 cm³/mol. The minimum Gasteiger partial charge on any atom is -0.393 e.